The van der Waals surface area contributed by atoms with Gasteiger partial charge in [-0.15, -0.1) is 11.3 Å². The first-order valence-electron chi connectivity index (χ1n) is 7.35. The van der Waals surface area contributed by atoms with Crippen LogP contribution >= 0.6 is 11.3 Å². The Balaban J connectivity index is 1.67. The number of fused-ring (bicyclic) bond motifs is 1. The summed E-state index contributed by atoms with van der Waals surface area (Å²) >= 11 is 1.62. The van der Waals surface area contributed by atoms with E-state index in [9.17, 15) is 4.79 Å². The summed E-state index contributed by atoms with van der Waals surface area (Å²) < 4.78 is 6.95. The number of nitrogens with zero attached hydrogens (tertiary/aromatic N) is 3. The molecule has 1 amide bonds. The van der Waals surface area contributed by atoms with Crippen LogP contribution < -0.4 is 5.32 Å². The number of aryl methyl sites for hydroxylation is 2. The fraction of sp³-hybridized carbons (Fsp3) is 0.533. The molecule has 7 heteroatoms. The quantitative estimate of drug-likeness (QED) is 0.933. The van der Waals surface area contributed by atoms with Crippen molar-refractivity contribution >= 4 is 17.2 Å². The third kappa shape index (κ3) is 2.91. The lowest BCUT2D eigenvalue weighted by atomic mass is 10.1. The molecule has 2 aromatic rings. The zero-order valence-electron chi connectivity index (χ0n) is 13.0. The van der Waals surface area contributed by atoms with Gasteiger partial charge in [-0.2, -0.15) is 5.10 Å². The van der Waals surface area contributed by atoms with E-state index in [-0.39, 0.29) is 11.9 Å². The van der Waals surface area contributed by atoms with E-state index >= 15 is 0 Å². The van der Waals surface area contributed by atoms with Crippen molar-refractivity contribution in [2.45, 2.75) is 45.9 Å². The van der Waals surface area contributed by atoms with E-state index in [0.717, 1.165) is 29.8 Å². The highest BCUT2D eigenvalue weighted by Crippen LogP contribution is 2.21. The molecule has 0 aliphatic carbocycles. The van der Waals surface area contributed by atoms with Gasteiger partial charge in [0.2, 0.25) is 0 Å². The third-order valence-corrected chi connectivity index (χ3v) is 5.05. The summed E-state index contributed by atoms with van der Waals surface area (Å²) in [4.78, 5) is 18.0. The van der Waals surface area contributed by atoms with Gasteiger partial charge in [-0.05, 0) is 25.8 Å². The van der Waals surface area contributed by atoms with Crippen molar-refractivity contribution in [3.05, 3.63) is 33.0 Å². The van der Waals surface area contributed by atoms with E-state index in [0.29, 0.717) is 19.0 Å². The molecule has 6 nitrogen and oxygen atoms in total. The topological polar surface area (TPSA) is 69.0 Å². The lowest BCUT2D eigenvalue weighted by molar-refractivity contribution is 0.0926. The first-order valence-corrected chi connectivity index (χ1v) is 8.23. The molecule has 3 heterocycles. The Bertz CT molecular complexity index is 692. The van der Waals surface area contributed by atoms with Gasteiger partial charge in [0.25, 0.3) is 5.91 Å². The van der Waals surface area contributed by atoms with Gasteiger partial charge in [0, 0.05) is 29.8 Å². The normalized spacial score (nSPS) is 17.3. The Hall–Kier alpha value is -1.73. The van der Waals surface area contributed by atoms with Gasteiger partial charge in [-0.3, -0.25) is 4.79 Å². The molecule has 2 aromatic heterocycles. The molecule has 0 saturated heterocycles. The van der Waals surface area contributed by atoms with E-state index in [4.69, 9.17) is 4.74 Å². The Morgan fingerprint density at radius 2 is 2.36 bits per heavy atom. The lowest BCUT2D eigenvalue weighted by Crippen LogP contribution is -2.41. The molecule has 1 aliphatic heterocycles. The maximum Gasteiger partial charge on any atom is 0.252 e. The number of thiophene rings is 1. The number of carbonyl (C=O) groups excluding carboxylic acids is 1. The Morgan fingerprint density at radius 3 is 3.05 bits per heavy atom. The van der Waals surface area contributed by atoms with Crippen LogP contribution in [0.15, 0.2) is 5.38 Å². The summed E-state index contributed by atoms with van der Waals surface area (Å²) in [6.07, 6.45) is 1.71. The van der Waals surface area contributed by atoms with E-state index in [1.165, 1.54) is 4.88 Å². The third-order valence-electron chi connectivity index (χ3n) is 4.04. The van der Waals surface area contributed by atoms with Crippen LogP contribution in [0.4, 0.5) is 0 Å². The van der Waals surface area contributed by atoms with E-state index in [2.05, 4.69) is 15.4 Å². The van der Waals surface area contributed by atoms with Gasteiger partial charge in [-0.1, -0.05) is 0 Å². The van der Waals surface area contributed by atoms with Crippen LogP contribution in [0.1, 0.15) is 38.9 Å². The van der Waals surface area contributed by atoms with Gasteiger partial charge in [0.1, 0.15) is 12.4 Å². The van der Waals surface area contributed by atoms with Gasteiger partial charge in [-0.25, -0.2) is 9.67 Å². The second kappa shape index (κ2) is 6.18. The highest BCUT2D eigenvalue weighted by Gasteiger charge is 2.24. The van der Waals surface area contributed by atoms with Crippen molar-refractivity contribution < 1.29 is 9.53 Å². The molecule has 0 spiro atoms. The maximum atomic E-state index is 12.4. The first-order chi connectivity index (χ1) is 10.6. The van der Waals surface area contributed by atoms with Crippen molar-refractivity contribution in [1.29, 1.82) is 0 Å². The number of rotatable bonds is 4. The fourth-order valence-electron chi connectivity index (χ4n) is 2.67. The smallest absolute Gasteiger partial charge is 0.252 e. The summed E-state index contributed by atoms with van der Waals surface area (Å²) in [6.45, 7) is 5.12. The van der Waals surface area contributed by atoms with Gasteiger partial charge in [0.15, 0.2) is 5.82 Å². The largest absolute Gasteiger partial charge is 0.377 e. The Kier molecular flexibility index (Phi) is 4.26. The van der Waals surface area contributed by atoms with Crippen LogP contribution in [0.5, 0.6) is 0 Å². The van der Waals surface area contributed by atoms with Crippen LogP contribution in [0.2, 0.25) is 0 Å². The molecule has 1 N–H and O–H groups in total. The van der Waals surface area contributed by atoms with Crippen LogP contribution in [-0.4, -0.2) is 33.8 Å². The highest BCUT2D eigenvalue weighted by atomic mass is 32.1. The van der Waals surface area contributed by atoms with Crippen LogP contribution in [-0.2, 0) is 24.3 Å². The monoisotopic (exact) mass is 320 g/mol. The van der Waals surface area contributed by atoms with Crippen molar-refractivity contribution in [2.75, 3.05) is 7.11 Å². The van der Waals surface area contributed by atoms with Crippen molar-refractivity contribution in [3.63, 3.8) is 0 Å². The summed E-state index contributed by atoms with van der Waals surface area (Å²) in [5.74, 6) is 1.68. The molecule has 0 radical (unpaired) electrons. The molecule has 0 fully saturated rings. The lowest BCUT2D eigenvalue weighted by Gasteiger charge is -2.23. The molecule has 0 bridgehead atoms. The second-order valence-electron chi connectivity index (χ2n) is 5.60. The van der Waals surface area contributed by atoms with Crippen LogP contribution in [0.3, 0.4) is 0 Å². The molecular weight excluding hydrogens is 300 g/mol. The van der Waals surface area contributed by atoms with Gasteiger partial charge >= 0.3 is 0 Å². The number of methoxy groups -OCH3 is 1. The van der Waals surface area contributed by atoms with E-state index < -0.39 is 0 Å². The molecule has 1 unspecified atom stereocenters. The molecule has 3 rings (SSSR count). The number of hydrogen-bond acceptors (Lipinski definition) is 5. The predicted molar refractivity (Wildman–Crippen MR) is 84.1 cm³/mol. The minimum atomic E-state index is 0.00697. The standard InChI is InChI=1S/C15H20N4O2S/c1-9-10(2)22-8-12(9)15(20)16-11-4-5-14-17-13(7-21-3)18-19(14)6-11/h8,11H,4-7H2,1-3H3,(H,16,20). The average molecular weight is 320 g/mol. The molecule has 0 saturated carbocycles. The van der Waals surface area contributed by atoms with Gasteiger partial charge in [0.05, 0.1) is 12.1 Å². The minimum absolute atomic E-state index is 0.00697. The number of hydrogen-bond donors (Lipinski definition) is 1. The van der Waals surface area contributed by atoms with Crippen molar-refractivity contribution in [1.82, 2.24) is 20.1 Å². The number of ether oxygens (including phenoxy) is 1. The Labute approximate surface area is 133 Å². The number of amides is 1. The zero-order valence-corrected chi connectivity index (χ0v) is 13.9. The maximum absolute atomic E-state index is 12.4. The summed E-state index contributed by atoms with van der Waals surface area (Å²) in [7, 11) is 1.63. The molecular formula is C15H20N4O2S. The summed E-state index contributed by atoms with van der Waals surface area (Å²) in [5.41, 5.74) is 1.86. The van der Waals surface area contributed by atoms with Crippen LogP contribution in [0, 0.1) is 13.8 Å². The fourth-order valence-corrected chi connectivity index (χ4v) is 3.53. The van der Waals surface area contributed by atoms with E-state index in [1.54, 1.807) is 18.4 Å². The molecule has 118 valence electrons. The molecule has 1 aliphatic rings. The van der Waals surface area contributed by atoms with Crippen LogP contribution in [0.25, 0.3) is 0 Å². The highest BCUT2D eigenvalue weighted by molar-refractivity contribution is 7.10. The molecule has 0 aromatic carbocycles. The average Bonchev–Trinajstić information content (AvgIpc) is 3.03. The van der Waals surface area contributed by atoms with Crippen molar-refractivity contribution in [2.24, 2.45) is 0 Å². The SMILES string of the molecule is COCc1nc2n(n1)CC(NC(=O)c1csc(C)c1C)CC2. The predicted octanol–water partition coefficient (Wildman–Crippen LogP) is 1.85. The minimum Gasteiger partial charge on any atom is -0.377 e. The number of nitrogens with one attached hydrogen (secondary N) is 1. The number of aromatic nitrogens is 3. The molecule has 1 atom stereocenters. The zero-order chi connectivity index (χ0) is 15.7. The first kappa shape index (κ1) is 15.2. The van der Waals surface area contributed by atoms with E-state index in [1.807, 2.05) is 23.9 Å². The van der Waals surface area contributed by atoms with Gasteiger partial charge < -0.3 is 10.1 Å². The Morgan fingerprint density at radius 1 is 1.55 bits per heavy atom. The summed E-state index contributed by atoms with van der Waals surface area (Å²) in [5, 5.41) is 9.47. The second-order valence-corrected chi connectivity index (χ2v) is 6.68. The number of carbonyl (C=O) groups is 1. The van der Waals surface area contributed by atoms with Crippen molar-refractivity contribution in [3.8, 4) is 0 Å². The summed E-state index contributed by atoms with van der Waals surface area (Å²) in [6, 6.07) is 0.0942. The molecule has 22 heavy (non-hydrogen) atoms.